The minimum atomic E-state index is -1.65. The van der Waals surface area contributed by atoms with Crippen LogP contribution in [0.4, 0.5) is 24.9 Å². The number of carbonyl (C=O) groups is 11. The van der Waals surface area contributed by atoms with Crippen molar-refractivity contribution in [3.8, 4) is 11.1 Å². The molecule has 0 aliphatic heterocycles. The first-order valence-electron chi connectivity index (χ1n) is 29.0. The lowest BCUT2D eigenvalue weighted by atomic mass is 9.67. The van der Waals surface area contributed by atoms with E-state index in [9.17, 15) is 57.8 Å². The van der Waals surface area contributed by atoms with Crippen LogP contribution < -0.4 is 43.0 Å². The van der Waals surface area contributed by atoms with Gasteiger partial charge < -0.3 is 76.8 Å². The van der Waals surface area contributed by atoms with Gasteiger partial charge in [-0.25, -0.2) is 19.2 Å². The van der Waals surface area contributed by atoms with Gasteiger partial charge in [-0.05, 0) is 92.3 Å². The van der Waals surface area contributed by atoms with Crippen LogP contribution in [-0.2, 0) is 59.1 Å². The molecule has 1 saturated carbocycles. The molecule has 0 aromatic heterocycles. The second-order valence-electron chi connectivity index (χ2n) is 23.2. The van der Waals surface area contributed by atoms with Gasteiger partial charge in [0, 0.05) is 68.8 Å². The Kier molecular flexibility index (Phi) is 21.4. The predicted octanol–water partition coefficient (Wildman–Crippen LogP) is 3.42. The lowest BCUT2D eigenvalue weighted by Gasteiger charge is -2.40. The minimum absolute atomic E-state index is 0.0129. The number of ether oxygens (including phenoxy) is 4. The number of carbonyl (C=O) groups excluding carboxylic acids is 11. The van der Waals surface area contributed by atoms with Gasteiger partial charge in [0.25, 0.3) is 0 Å². The average Bonchev–Trinajstić information content (AvgIpc) is 1.52. The van der Waals surface area contributed by atoms with Crippen molar-refractivity contribution in [1.29, 1.82) is 0 Å². The van der Waals surface area contributed by atoms with E-state index < -0.39 is 126 Å². The smallest absolute Gasteiger partial charge is 0.410 e. The zero-order chi connectivity index (χ0) is 64.3. The predicted molar refractivity (Wildman–Crippen MR) is 318 cm³/mol. The summed E-state index contributed by atoms with van der Waals surface area (Å²) in [6, 6.07) is 18.8. The van der Waals surface area contributed by atoms with Crippen LogP contribution in [-0.4, -0.2) is 171 Å². The molecule has 0 unspecified atom stereocenters. The number of esters is 1. The standard InChI is InChI=1S/C62H78N10O16/c1-35(2)51(70-49(76)31-66-47(74)29-65-48(75)30-67-57(81)85-33-45-42-16-11-9-14-40(42)41-15-10-12-17-43(41)45)55(79)69-46(18-13-25-64-56(63)80)54(78)68-39-21-19-38(20-22-39)32-86-58(82)71(7)26-27-72(8)59(83)88-53-50-36(3)62(23-24-62)61(6,84)52(77)44(50)28-60(53,5)34-87-37(4)73/h9-12,14-17,19-22,28,35,45-46,51,53,84H,13,18,23-27,29-34H2,1-8H3,(H,65,75)(H,66,74)(H,67,81)(H,68,78)(H,69,79)(H,70,76)(H3,63,64,80)/t46-,51-,53+,60-,61-/m0/s1. The topological polar surface area (TPSA) is 362 Å². The van der Waals surface area contributed by atoms with Gasteiger partial charge in [0.2, 0.25) is 29.5 Å². The maximum atomic E-state index is 13.7. The van der Waals surface area contributed by atoms with E-state index in [0.29, 0.717) is 29.7 Å². The quantitative estimate of drug-likeness (QED) is 0.0316. The van der Waals surface area contributed by atoms with E-state index in [1.54, 1.807) is 51.1 Å². The largest absolute Gasteiger partial charge is 0.465 e. The van der Waals surface area contributed by atoms with Gasteiger partial charge in [-0.1, -0.05) is 86.2 Å². The van der Waals surface area contributed by atoms with Crippen LogP contribution in [0.3, 0.4) is 0 Å². The first kappa shape index (κ1) is 66.2. The number of hydrogen-bond donors (Lipinski definition) is 9. The van der Waals surface area contributed by atoms with E-state index >= 15 is 0 Å². The summed E-state index contributed by atoms with van der Waals surface area (Å²) in [5.41, 5.74) is 8.14. The number of anilines is 1. The molecule has 5 atom stereocenters. The monoisotopic (exact) mass is 1220 g/mol. The highest BCUT2D eigenvalue weighted by atomic mass is 16.6. The zero-order valence-electron chi connectivity index (χ0n) is 50.6. The normalized spacial score (nSPS) is 19.0. The summed E-state index contributed by atoms with van der Waals surface area (Å²) in [5, 5.41) is 28.9. The zero-order valence-corrected chi connectivity index (χ0v) is 50.6. The summed E-state index contributed by atoms with van der Waals surface area (Å²) in [7, 11) is 2.96. The number of ketones is 1. The first-order valence-corrected chi connectivity index (χ1v) is 29.0. The summed E-state index contributed by atoms with van der Waals surface area (Å²) in [6.07, 6.45) is -0.308. The van der Waals surface area contributed by atoms with Gasteiger partial charge in [-0.15, -0.1) is 0 Å². The Labute approximate surface area is 509 Å². The van der Waals surface area contributed by atoms with Crippen LogP contribution in [0.25, 0.3) is 11.1 Å². The molecule has 472 valence electrons. The van der Waals surface area contributed by atoms with E-state index in [2.05, 4.69) is 37.2 Å². The Hall–Kier alpha value is -9.33. The van der Waals surface area contributed by atoms with Gasteiger partial charge in [-0.2, -0.15) is 0 Å². The van der Waals surface area contributed by atoms with Crippen molar-refractivity contribution in [2.24, 2.45) is 22.5 Å². The summed E-state index contributed by atoms with van der Waals surface area (Å²) < 4.78 is 22.4. The third-order valence-electron chi connectivity index (χ3n) is 16.4. The number of benzene rings is 3. The molecule has 10 amide bonds. The molecular formula is C62H78N10O16. The Bertz CT molecular complexity index is 3220. The summed E-state index contributed by atoms with van der Waals surface area (Å²) in [4.78, 5) is 144. The fourth-order valence-corrected chi connectivity index (χ4v) is 11.1. The molecule has 0 bridgehead atoms. The van der Waals surface area contributed by atoms with E-state index in [4.69, 9.17) is 24.7 Å². The number of rotatable bonds is 26. The maximum absolute atomic E-state index is 13.7. The molecule has 7 rings (SSSR count). The number of alkyl carbamates (subject to hydrolysis) is 1. The van der Waals surface area contributed by atoms with Crippen molar-refractivity contribution < 1.29 is 76.8 Å². The number of nitrogens with two attached hydrogens (primary N) is 1. The van der Waals surface area contributed by atoms with E-state index in [-0.39, 0.29) is 63.8 Å². The Morgan fingerprint density at radius 1 is 0.727 bits per heavy atom. The first-order chi connectivity index (χ1) is 41.7. The van der Waals surface area contributed by atoms with E-state index in [1.807, 2.05) is 55.5 Å². The van der Waals surface area contributed by atoms with Gasteiger partial charge in [-0.3, -0.25) is 33.6 Å². The number of urea groups is 1. The van der Waals surface area contributed by atoms with E-state index in [1.165, 1.54) is 37.7 Å². The van der Waals surface area contributed by atoms with Gasteiger partial charge in [0.05, 0.1) is 18.5 Å². The summed E-state index contributed by atoms with van der Waals surface area (Å²) >= 11 is 0. The van der Waals surface area contributed by atoms with Gasteiger partial charge in [0.1, 0.15) is 50.2 Å². The molecular weight excluding hydrogens is 1140 g/mol. The Balaban J connectivity index is 0.830. The summed E-state index contributed by atoms with van der Waals surface area (Å²) in [5.74, 6) is -5.29. The van der Waals surface area contributed by atoms with Crippen molar-refractivity contribution in [3.05, 3.63) is 112 Å². The van der Waals surface area contributed by atoms with Crippen LogP contribution in [0.1, 0.15) is 89.8 Å². The van der Waals surface area contributed by atoms with Crippen LogP contribution in [0.5, 0.6) is 0 Å². The minimum Gasteiger partial charge on any atom is -0.465 e. The number of nitrogens with one attached hydrogen (secondary N) is 7. The molecule has 10 N–H and O–H groups in total. The number of fused-ring (bicyclic) bond motifs is 4. The highest BCUT2D eigenvalue weighted by Gasteiger charge is 2.67. The van der Waals surface area contributed by atoms with Crippen LogP contribution in [0.15, 0.2) is 95.6 Å². The third kappa shape index (κ3) is 15.8. The van der Waals surface area contributed by atoms with Crippen molar-refractivity contribution in [2.75, 3.05) is 71.9 Å². The molecule has 88 heavy (non-hydrogen) atoms. The number of Topliss-reactive ketones (excluding diaryl/α,β-unsaturated/α-hetero) is 1. The molecule has 26 nitrogen and oxygen atoms in total. The Morgan fingerprint density at radius 3 is 1.89 bits per heavy atom. The highest BCUT2D eigenvalue weighted by molar-refractivity contribution is 6.09. The maximum Gasteiger partial charge on any atom is 0.410 e. The molecule has 26 heteroatoms. The number of primary amides is 1. The van der Waals surface area contributed by atoms with Crippen molar-refractivity contribution in [2.45, 2.75) is 104 Å². The molecule has 0 radical (unpaired) electrons. The van der Waals surface area contributed by atoms with E-state index in [0.717, 1.165) is 27.8 Å². The fraction of sp³-hybridized carbons (Fsp3) is 0.468. The second kappa shape index (κ2) is 28.5. The molecule has 3 aromatic carbocycles. The molecule has 0 heterocycles. The molecule has 1 fully saturated rings. The number of hydrogen-bond acceptors (Lipinski definition) is 16. The summed E-state index contributed by atoms with van der Waals surface area (Å²) in [6.45, 7) is 7.79. The molecule has 4 aliphatic carbocycles. The molecule has 1 spiro atoms. The molecule has 0 saturated heterocycles. The van der Waals surface area contributed by atoms with Gasteiger partial charge >= 0.3 is 30.3 Å². The Morgan fingerprint density at radius 2 is 1.31 bits per heavy atom. The lowest BCUT2D eigenvalue weighted by Crippen LogP contribution is -2.56. The van der Waals surface area contributed by atoms with Gasteiger partial charge in [0.15, 0.2) is 5.78 Å². The molecule has 3 aromatic rings. The van der Waals surface area contributed by atoms with Crippen molar-refractivity contribution >= 4 is 71.3 Å². The van der Waals surface area contributed by atoms with Crippen LogP contribution in [0.2, 0.25) is 0 Å². The number of likely N-dealkylation sites (N-methyl/N-ethyl adjacent to an activating group) is 2. The lowest BCUT2D eigenvalue weighted by molar-refractivity contribution is -0.145. The number of nitrogens with zero attached hydrogens (tertiary/aromatic N) is 2. The van der Waals surface area contributed by atoms with Crippen LogP contribution in [0, 0.1) is 16.7 Å². The van der Waals surface area contributed by atoms with Crippen molar-refractivity contribution in [1.82, 2.24) is 41.7 Å². The van der Waals surface area contributed by atoms with Crippen molar-refractivity contribution in [3.63, 3.8) is 0 Å². The van der Waals surface area contributed by atoms with Crippen LogP contribution >= 0.6 is 0 Å². The number of aliphatic hydroxyl groups is 1. The second-order valence-corrected chi connectivity index (χ2v) is 23.2. The molecule has 4 aliphatic rings. The SMILES string of the molecule is CC(=O)OC[C@]1(C)C=C2C(=O)[C@](C)(O)C3(CC3)C(C)=C2[C@H]1OC(=O)N(C)CCN(C)C(=O)OCc1ccc(NC(=O)[C@H](CCCNC(N)=O)NC(=O)[C@@H](NC(=O)CNC(=O)CNC(=O)CNC(=O)OCC2c3ccccc3-c3ccccc32)C(C)C)cc1. The highest BCUT2D eigenvalue weighted by Crippen LogP contribution is 2.66. The third-order valence-corrected chi connectivity index (χ3v) is 16.4. The average molecular weight is 1220 g/mol. The number of amides is 10. The fourth-order valence-electron chi connectivity index (χ4n) is 11.1.